The van der Waals surface area contributed by atoms with Gasteiger partial charge < -0.3 is 4.74 Å². The van der Waals surface area contributed by atoms with Crippen molar-refractivity contribution in [1.29, 1.82) is 0 Å². The summed E-state index contributed by atoms with van der Waals surface area (Å²) in [6.45, 7) is 9.07. The molecule has 0 aromatic heterocycles. The molecule has 1 N–H and O–H groups in total. The summed E-state index contributed by atoms with van der Waals surface area (Å²) in [6, 6.07) is 5.21. The van der Waals surface area contributed by atoms with E-state index in [1.165, 1.54) is 6.08 Å². The highest BCUT2D eigenvalue weighted by Crippen LogP contribution is 2.23. The fraction of sp³-hybridized carbons (Fsp3) is 0.467. The first-order valence-electron chi connectivity index (χ1n) is 6.40. The second-order valence-electron chi connectivity index (χ2n) is 5.60. The Kier molecular flexibility index (Phi) is 5.06. The van der Waals surface area contributed by atoms with Crippen LogP contribution in [0.2, 0.25) is 0 Å². The van der Waals surface area contributed by atoms with Gasteiger partial charge in [-0.15, -0.1) is 0 Å². The monoisotopic (exact) mass is 276 g/mol. The molecule has 20 heavy (non-hydrogen) atoms. The van der Waals surface area contributed by atoms with Gasteiger partial charge in [-0.3, -0.25) is 5.32 Å². The van der Waals surface area contributed by atoms with Crippen molar-refractivity contribution in [3.8, 4) is 0 Å². The molecule has 0 aliphatic heterocycles. The van der Waals surface area contributed by atoms with Crippen molar-refractivity contribution in [2.45, 2.75) is 46.3 Å². The molecular formula is C15H20N2O3. The molecular weight excluding hydrogens is 256 g/mol. The third-order valence-corrected chi connectivity index (χ3v) is 2.63. The van der Waals surface area contributed by atoms with E-state index >= 15 is 0 Å². The summed E-state index contributed by atoms with van der Waals surface area (Å²) in [7, 11) is 0. The standard InChI is InChI=1S/C15H20N2O3/c1-10-6-7-12(11(2)16-9-18)8-13(10)17-14(19)20-15(3,4)5/h6-8,11H,1-5H3,(H,17,19). The van der Waals surface area contributed by atoms with Gasteiger partial charge in [-0.25, -0.2) is 9.59 Å². The SMILES string of the molecule is Cc1ccc(C(C)N=C=O)cc1NC(=O)OC(C)(C)C. The number of carbonyl (C=O) groups is 1. The lowest BCUT2D eigenvalue weighted by molar-refractivity contribution is 0.0636. The van der Waals surface area contributed by atoms with E-state index in [1.807, 2.05) is 19.1 Å². The van der Waals surface area contributed by atoms with E-state index in [-0.39, 0.29) is 6.04 Å². The van der Waals surface area contributed by atoms with Crippen molar-refractivity contribution in [2.75, 3.05) is 5.32 Å². The average molecular weight is 276 g/mol. The molecule has 1 aromatic carbocycles. The summed E-state index contributed by atoms with van der Waals surface area (Å²) in [6.07, 6.45) is 1.02. The van der Waals surface area contributed by atoms with Gasteiger partial charge >= 0.3 is 6.09 Å². The number of amides is 1. The van der Waals surface area contributed by atoms with Gasteiger partial charge in [-0.2, -0.15) is 4.99 Å². The van der Waals surface area contributed by atoms with Gasteiger partial charge in [0.25, 0.3) is 0 Å². The van der Waals surface area contributed by atoms with Crippen LogP contribution in [0.15, 0.2) is 23.2 Å². The largest absolute Gasteiger partial charge is 0.444 e. The third kappa shape index (κ3) is 4.86. The molecule has 1 unspecified atom stereocenters. The Bertz CT molecular complexity index is 541. The average Bonchev–Trinajstić information content (AvgIpc) is 2.29. The number of carbonyl (C=O) groups excluding carboxylic acids is 2. The molecule has 0 saturated heterocycles. The van der Waals surface area contributed by atoms with Crippen molar-refractivity contribution in [2.24, 2.45) is 4.99 Å². The number of ether oxygens (including phenoxy) is 1. The van der Waals surface area contributed by atoms with E-state index in [4.69, 9.17) is 4.74 Å². The van der Waals surface area contributed by atoms with Crippen molar-refractivity contribution in [1.82, 2.24) is 0 Å². The van der Waals surface area contributed by atoms with Gasteiger partial charge in [0.2, 0.25) is 6.08 Å². The molecule has 1 atom stereocenters. The Hall–Kier alpha value is -2.13. The molecule has 5 nitrogen and oxygen atoms in total. The number of benzene rings is 1. The first-order chi connectivity index (χ1) is 9.23. The predicted molar refractivity (Wildman–Crippen MR) is 77.6 cm³/mol. The molecule has 0 aliphatic rings. The minimum Gasteiger partial charge on any atom is -0.444 e. The molecule has 1 rings (SSSR count). The fourth-order valence-electron chi connectivity index (χ4n) is 1.60. The van der Waals surface area contributed by atoms with Crippen LogP contribution in [0, 0.1) is 6.92 Å². The van der Waals surface area contributed by atoms with Gasteiger partial charge in [0.05, 0.1) is 6.04 Å². The van der Waals surface area contributed by atoms with Crippen molar-refractivity contribution in [3.05, 3.63) is 29.3 Å². The number of hydrogen-bond donors (Lipinski definition) is 1. The van der Waals surface area contributed by atoms with Crippen LogP contribution < -0.4 is 5.32 Å². The molecule has 0 aliphatic carbocycles. The highest BCUT2D eigenvalue weighted by Gasteiger charge is 2.17. The Balaban J connectivity index is 2.92. The second-order valence-corrected chi connectivity index (χ2v) is 5.60. The number of rotatable bonds is 3. The van der Waals surface area contributed by atoms with E-state index in [0.29, 0.717) is 5.69 Å². The fourth-order valence-corrected chi connectivity index (χ4v) is 1.60. The summed E-state index contributed by atoms with van der Waals surface area (Å²) in [5.74, 6) is 0. The molecule has 5 heteroatoms. The van der Waals surface area contributed by atoms with Gasteiger partial charge in [0.1, 0.15) is 5.60 Å². The zero-order valence-corrected chi connectivity index (χ0v) is 12.5. The minimum atomic E-state index is -0.551. The first-order valence-corrected chi connectivity index (χ1v) is 6.40. The minimum absolute atomic E-state index is 0.299. The van der Waals surface area contributed by atoms with Crippen LogP contribution in [0.4, 0.5) is 10.5 Å². The van der Waals surface area contributed by atoms with Crippen molar-refractivity contribution < 1.29 is 14.3 Å². The number of nitrogens with one attached hydrogen (secondary N) is 1. The molecule has 0 spiro atoms. The normalized spacial score (nSPS) is 12.2. The Morgan fingerprint density at radius 2 is 2.05 bits per heavy atom. The smallest absolute Gasteiger partial charge is 0.412 e. The van der Waals surface area contributed by atoms with Crippen LogP contribution in [0.1, 0.15) is 44.9 Å². The second kappa shape index (κ2) is 6.35. The van der Waals surface area contributed by atoms with Gasteiger partial charge in [0.15, 0.2) is 0 Å². The molecule has 1 amide bonds. The summed E-state index contributed by atoms with van der Waals surface area (Å²) in [5.41, 5.74) is 1.82. The number of anilines is 1. The lowest BCUT2D eigenvalue weighted by Crippen LogP contribution is -2.27. The van der Waals surface area contributed by atoms with Crippen LogP contribution in [0.25, 0.3) is 0 Å². The topological polar surface area (TPSA) is 67.8 Å². The van der Waals surface area contributed by atoms with Crippen LogP contribution in [-0.4, -0.2) is 17.8 Å². The third-order valence-electron chi connectivity index (χ3n) is 2.63. The Morgan fingerprint density at radius 1 is 1.40 bits per heavy atom. The first kappa shape index (κ1) is 15.9. The Morgan fingerprint density at radius 3 is 2.60 bits per heavy atom. The van der Waals surface area contributed by atoms with Crippen LogP contribution in [0.3, 0.4) is 0 Å². The zero-order chi connectivity index (χ0) is 15.3. The summed E-state index contributed by atoms with van der Waals surface area (Å²) >= 11 is 0. The zero-order valence-electron chi connectivity index (χ0n) is 12.5. The van der Waals surface area contributed by atoms with Gasteiger partial charge in [0, 0.05) is 5.69 Å². The summed E-state index contributed by atoms with van der Waals surface area (Å²) in [5, 5.41) is 2.70. The maximum atomic E-state index is 11.8. The van der Waals surface area contributed by atoms with E-state index in [2.05, 4.69) is 10.3 Å². The van der Waals surface area contributed by atoms with E-state index in [1.54, 1.807) is 33.8 Å². The quantitative estimate of drug-likeness (QED) is 0.675. The van der Waals surface area contributed by atoms with Crippen LogP contribution in [0.5, 0.6) is 0 Å². The molecule has 0 saturated carbocycles. The number of nitrogens with zero attached hydrogens (tertiary/aromatic N) is 1. The summed E-state index contributed by atoms with van der Waals surface area (Å²) < 4.78 is 5.21. The highest BCUT2D eigenvalue weighted by atomic mass is 16.6. The van der Waals surface area contributed by atoms with Crippen molar-refractivity contribution in [3.63, 3.8) is 0 Å². The molecule has 0 heterocycles. The van der Waals surface area contributed by atoms with Gasteiger partial charge in [-0.05, 0) is 51.8 Å². The molecule has 0 radical (unpaired) electrons. The van der Waals surface area contributed by atoms with Crippen molar-refractivity contribution >= 4 is 17.9 Å². The predicted octanol–water partition coefficient (Wildman–Crippen LogP) is 3.74. The highest BCUT2D eigenvalue weighted by molar-refractivity contribution is 5.86. The van der Waals surface area contributed by atoms with Gasteiger partial charge in [-0.1, -0.05) is 12.1 Å². The van der Waals surface area contributed by atoms with E-state index < -0.39 is 11.7 Å². The van der Waals surface area contributed by atoms with Crippen LogP contribution in [-0.2, 0) is 9.53 Å². The maximum absolute atomic E-state index is 11.8. The maximum Gasteiger partial charge on any atom is 0.412 e. The molecule has 1 aromatic rings. The lowest BCUT2D eigenvalue weighted by atomic mass is 10.1. The van der Waals surface area contributed by atoms with E-state index in [0.717, 1.165) is 11.1 Å². The number of hydrogen-bond acceptors (Lipinski definition) is 4. The number of isocyanates is 1. The Labute approximate surface area is 119 Å². The van der Waals surface area contributed by atoms with E-state index in [9.17, 15) is 9.59 Å². The number of aliphatic imine (C=N–C) groups is 1. The summed E-state index contributed by atoms with van der Waals surface area (Å²) in [4.78, 5) is 25.7. The lowest BCUT2D eigenvalue weighted by Gasteiger charge is -2.20. The molecule has 0 bridgehead atoms. The van der Waals surface area contributed by atoms with Crippen LogP contribution >= 0.6 is 0 Å². The molecule has 0 fully saturated rings. The number of aryl methyl sites for hydroxylation is 1. The molecule has 108 valence electrons.